The van der Waals surface area contributed by atoms with Crippen LogP contribution in [0.4, 0.5) is 0 Å². The fourth-order valence-corrected chi connectivity index (χ4v) is 4.78. The van der Waals surface area contributed by atoms with Crippen molar-refractivity contribution in [2.24, 2.45) is 0 Å². The second-order valence-corrected chi connectivity index (χ2v) is 8.43. The van der Waals surface area contributed by atoms with Gasteiger partial charge in [-0.15, -0.1) is 11.3 Å². The van der Waals surface area contributed by atoms with Gasteiger partial charge in [-0.2, -0.15) is 5.26 Å². The van der Waals surface area contributed by atoms with Crippen LogP contribution in [0.15, 0.2) is 63.9 Å². The molecule has 138 valence electrons. The normalized spacial score (nSPS) is 10.9. The maximum atomic E-state index is 13.2. The van der Waals surface area contributed by atoms with Crippen LogP contribution >= 0.6 is 34.7 Å². The van der Waals surface area contributed by atoms with E-state index in [9.17, 15) is 10.1 Å². The van der Waals surface area contributed by atoms with Crippen LogP contribution in [0.2, 0.25) is 5.02 Å². The summed E-state index contributed by atoms with van der Waals surface area (Å²) >= 11 is 8.99. The van der Waals surface area contributed by atoms with Crippen LogP contribution in [0.5, 0.6) is 0 Å². The van der Waals surface area contributed by atoms with Crippen molar-refractivity contribution < 1.29 is 0 Å². The number of nitriles is 1. The molecule has 0 atom stereocenters. The summed E-state index contributed by atoms with van der Waals surface area (Å²) in [5.41, 5.74) is 3.75. The van der Waals surface area contributed by atoms with Gasteiger partial charge in [0.1, 0.15) is 4.70 Å². The summed E-state index contributed by atoms with van der Waals surface area (Å²) in [5, 5.41) is 12.4. The largest absolute Gasteiger partial charge is 0.276 e. The zero-order valence-electron chi connectivity index (χ0n) is 14.8. The number of aryl methyl sites for hydroxylation is 1. The molecule has 0 fully saturated rings. The van der Waals surface area contributed by atoms with Crippen molar-refractivity contribution >= 4 is 44.9 Å². The summed E-state index contributed by atoms with van der Waals surface area (Å²) < 4.78 is 2.25. The second-order valence-electron chi connectivity index (χ2n) is 6.16. The molecule has 0 aliphatic heterocycles. The van der Waals surface area contributed by atoms with Gasteiger partial charge in [0.2, 0.25) is 0 Å². The average molecular weight is 424 g/mol. The van der Waals surface area contributed by atoms with Gasteiger partial charge >= 0.3 is 0 Å². The maximum Gasteiger partial charge on any atom is 0.276 e. The molecule has 0 aliphatic rings. The van der Waals surface area contributed by atoms with Crippen molar-refractivity contribution in [3.63, 3.8) is 0 Å². The van der Waals surface area contributed by atoms with E-state index >= 15 is 0 Å². The molecule has 0 N–H and O–H groups in total. The van der Waals surface area contributed by atoms with Gasteiger partial charge in [0.05, 0.1) is 22.8 Å². The number of aromatic nitrogens is 2. The Hall–Kier alpha value is -2.59. The predicted molar refractivity (Wildman–Crippen MR) is 116 cm³/mol. The van der Waals surface area contributed by atoms with E-state index < -0.39 is 0 Å². The lowest BCUT2D eigenvalue weighted by Crippen LogP contribution is -2.21. The Morgan fingerprint density at radius 2 is 2.07 bits per heavy atom. The fraction of sp³-hybridized carbons (Fsp3) is 0.0952. The first kappa shape index (κ1) is 18.8. The van der Waals surface area contributed by atoms with Crippen molar-refractivity contribution in [1.82, 2.24) is 9.55 Å². The molecule has 0 radical (unpaired) electrons. The van der Waals surface area contributed by atoms with Crippen LogP contribution in [0.25, 0.3) is 15.9 Å². The number of thiophene rings is 1. The predicted octanol–water partition coefficient (Wildman–Crippen LogP) is 5.57. The maximum absolute atomic E-state index is 13.2. The molecule has 0 aliphatic carbocycles. The topological polar surface area (TPSA) is 58.7 Å². The van der Waals surface area contributed by atoms with Crippen LogP contribution in [0.1, 0.15) is 16.7 Å². The van der Waals surface area contributed by atoms with Gasteiger partial charge in [-0.05, 0) is 53.8 Å². The minimum absolute atomic E-state index is 0.0993. The summed E-state index contributed by atoms with van der Waals surface area (Å²) in [6.45, 7) is 1.91. The molecular formula is C21H14ClN3OS2. The van der Waals surface area contributed by atoms with E-state index in [0.29, 0.717) is 31.7 Å². The highest BCUT2D eigenvalue weighted by molar-refractivity contribution is 7.98. The smallest absolute Gasteiger partial charge is 0.267 e. The number of rotatable bonds is 4. The Labute approximate surface area is 175 Å². The molecule has 0 amide bonds. The van der Waals surface area contributed by atoms with Crippen LogP contribution in [0.3, 0.4) is 0 Å². The molecule has 0 saturated carbocycles. The molecule has 28 heavy (non-hydrogen) atoms. The number of hydrogen-bond donors (Lipinski definition) is 0. The van der Waals surface area contributed by atoms with Gasteiger partial charge in [-0.3, -0.25) is 9.36 Å². The Morgan fingerprint density at radius 3 is 2.86 bits per heavy atom. The Balaban J connectivity index is 1.84. The average Bonchev–Trinajstić information content (AvgIpc) is 3.18. The lowest BCUT2D eigenvalue weighted by Gasteiger charge is -2.13. The Kier molecular flexibility index (Phi) is 5.23. The lowest BCUT2D eigenvalue weighted by molar-refractivity contribution is 0.821. The van der Waals surface area contributed by atoms with Crippen LogP contribution in [-0.4, -0.2) is 9.55 Å². The van der Waals surface area contributed by atoms with Gasteiger partial charge in [-0.25, -0.2) is 4.98 Å². The van der Waals surface area contributed by atoms with Gasteiger partial charge in [0, 0.05) is 10.8 Å². The molecule has 0 saturated heterocycles. The van der Waals surface area contributed by atoms with Crippen LogP contribution in [0, 0.1) is 18.3 Å². The van der Waals surface area contributed by atoms with Crippen molar-refractivity contribution in [2.45, 2.75) is 17.8 Å². The molecule has 7 heteroatoms. The van der Waals surface area contributed by atoms with E-state index in [-0.39, 0.29) is 5.56 Å². The molecule has 4 aromatic rings. The van der Waals surface area contributed by atoms with Crippen molar-refractivity contribution in [1.29, 1.82) is 5.26 Å². The first-order valence-electron chi connectivity index (χ1n) is 8.46. The minimum atomic E-state index is -0.0993. The van der Waals surface area contributed by atoms with Crippen molar-refractivity contribution in [3.05, 3.63) is 86.0 Å². The molecule has 0 bridgehead atoms. The number of nitrogens with zero attached hydrogens (tertiary/aromatic N) is 3. The standard InChI is InChI=1S/C21H14ClN3OS2/c1-13-10-16(6-7-17(13)22)25-20(26)19-18(8-9-27-19)24-21(25)28-12-15-5-3-2-4-14(15)11-23/h2-10H,12H2,1H3. The Bertz CT molecular complexity index is 1290. The number of thioether (sulfide) groups is 1. The highest BCUT2D eigenvalue weighted by Gasteiger charge is 2.15. The Morgan fingerprint density at radius 1 is 1.25 bits per heavy atom. The molecule has 2 aromatic heterocycles. The van der Waals surface area contributed by atoms with E-state index in [1.54, 1.807) is 16.7 Å². The third kappa shape index (κ3) is 3.45. The number of fused-ring (bicyclic) bond motifs is 1. The monoisotopic (exact) mass is 423 g/mol. The summed E-state index contributed by atoms with van der Waals surface area (Å²) in [4.78, 5) is 17.9. The van der Waals surface area contributed by atoms with E-state index in [2.05, 4.69) is 6.07 Å². The zero-order valence-corrected chi connectivity index (χ0v) is 17.2. The van der Waals surface area contributed by atoms with Gasteiger partial charge in [0.15, 0.2) is 5.16 Å². The zero-order chi connectivity index (χ0) is 19.7. The molecule has 0 unspecified atom stereocenters. The van der Waals surface area contributed by atoms with Gasteiger partial charge in [-0.1, -0.05) is 41.6 Å². The van der Waals surface area contributed by atoms with Crippen LogP contribution in [-0.2, 0) is 5.75 Å². The number of halogens is 1. The van der Waals surface area contributed by atoms with E-state index in [1.807, 2.05) is 48.7 Å². The van der Waals surface area contributed by atoms with E-state index in [0.717, 1.165) is 16.8 Å². The van der Waals surface area contributed by atoms with Crippen molar-refractivity contribution in [3.8, 4) is 11.8 Å². The summed E-state index contributed by atoms with van der Waals surface area (Å²) in [6, 6.07) is 17.0. The third-order valence-corrected chi connectivity index (χ3v) is 6.65. The fourth-order valence-electron chi connectivity index (χ4n) is 2.88. The van der Waals surface area contributed by atoms with E-state index in [4.69, 9.17) is 16.6 Å². The molecule has 0 spiro atoms. The van der Waals surface area contributed by atoms with Crippen LogP contribution < -0.4 is 5.56 Å². The summed E-state index contributed by atoms with van der Waals surface area (Å²) in [5.74, 6) is 0.540. The number of benzene rings is 2. The molecule has 2 aromatic carbocycles. The van der Waals surface area contributed by atoms with Gasteiger partial charge in [0.25, 0.3) is 5.56 Å². The molecule has 2 heterocycles. The first-order chi connectivity index (χ1) is 13.6. The van der Waals surface area contributed by atoms with E-state index in [1.165, 1.54) is 23.1 Å². The summed E-state index contributed by atoms with van der Waals surface area (Å²) in [7, 11) is 0. The first-order valence-corrected chi connectivity index (χ1v) is 10.7. The third-order valence-electron chi connectivity index (χ3n) is 4.34. The SMILES string of the molecule is Cc1cc(-n2c(SCc3ccccc3C#N)nc3ccsc3c2=O)ccc1Cl. The lowest BCUT2D eigenvalue weighted by atomic mass is 10.1. The summed E-state index contributed by atoms with van der Waals surface area (Å²) in [6.07, 6.45) is 0. The molecule has 4 rings (SSSR count). The van der Waals surface area contributed by atoms with Gasteiger partial charge < -0.3 is 0 Å². The quantitative estimate of drug-likeness (QED) is 0.318. The highest BCUT2D eigenvalue weighted by Crippen LogP contribution is 2.28. The molecular weight excluding hydrogens is 410 g/mol. The molecule has 4 nitrogen and oxygen atoms in total. The minimum Gasteiger partial charge on any atom is -0.267 e. The second kappa shape index (κ2) is 7.80. The number of hydrogen-bond acceptors (Lipinski definition) is 5. The highest BCUT2D eigenvalue weighted by atomic mass is 35.5. The van der Waals surface area contributed by atoms with Crippen molar-refractivity contribution in [2.75, 3.05) is 0 Å².